The van der Waals surface area contributed by atoms with E-state index < -0.39 is 11.9 Å². The molecule has 3 rings (SSSR count). The van der Waals surface area contributed by atoms with Gasteiger partial charge >= 0.3 is 6.03 Å². The number of pyridine rings is 1. The topological polar surface area (TPSA) is 98.8 Å². The van der Waals surface area contributed by atoms with Gasteiger partial charge < -0.3 is 19.5 Å². The normalized spacial score (nSPS) is 10.2. The van der Waals surface area contributed by atoms with Crippen LogP contribution < -0.4 is 24.8 Å². The summed E-state index contributed by atoms with van der Waals surface area (Å²) in [6.45, 7) is 0.200. The summed E-state index contributed by atoms with van der Waals surface area (Å²) in [5.74, 6) is 0.207. The van der Waals surface area contributed by atoms with Crippen LogP contribution in [0.2, 0.25) is 10.0 Å². The standard InChI is InChI=1S/C22H19Cl2N3O5/c1-30-17-4-3-5-18(31-2)20(17)21(28)27-22(29)26-15-8-9-19(25-11-15)32-12-13-6-7-14(23)10-16(13)24/h3-11H,12H2,1-2H3,(H2,26,27,28,29). The number of hydrogen-bond donors (Lipinski definition) is 2. The lowest BCUT2D eigenvalue weighted by molar-refractivity contribution is 0.0961. The van der Waals surface area contributed by atoms with E-state index in [2.05, 4.69) is 15.6 Å². The maximum absolute atomic E-state index is 12.5. The van der Waals surface area contributed by atoms with E-state index in [1.807, 2.05) is 0 Å². The van der Waals surface area contributed by atoms with Gasteiger partial charge in [0.25, 0.3) is 5.91 Å². The third-order valence-corrected chi connectivity index (χ3v) is 4.85. The van der Waals surface area contributed by atoms with Crippen LogP contribution in [-0.4, -0.2) is 31.1 Å². The maximum Gasteiger partial charge on any atom is 0.326 e. The molecule has 8 nitrogen and oxygen atoms in total. The molecule has 1 heterocycles. The van der Waals surface area contributed by atoms with Crippen LogP contribution in [0.1, 0.15) is 15.9 Å². The minimum absolute atomic E-state index is 0.107. The summed E-state index contributed by atoms with van der Waals surface area (Å²) in [6.07, 6.45) is 1.40. The average molecular weight is 476 g/mol. The first-order chi connectivity index (χ1) is 15.4. The van der Waals surface area contributed by atoms with Crippen molar-refractivity contribution in [2.24, 2.45) is 0 Å². The summed E-state index contributed by atoms with van der Waals surface area (Å²) in [4.78, 5) is 28.9. The second-order valence-electron chi connectivity index (χ2n) is 6.36. The highest BCUT2D eigenvalue weighted by Gasteiger charge is 2.20. The maximum atomic E-state index is 12.5. The largest absolute Gasteiger partial charge is 0.496 e. The minimum Gasteiger partial charge on any atom is -0.496 e. The number of hydrogen-bond acceptors (Lipinski definition) is 6. The second-order valence-corrected chi connectivity index (χ2v) is 7.20. The number of carbonyl (C=O) groups excluding carboxylic acids is 2. The SMILES string of the molecule is COc1cccc(OC)c1C(=O)NC(=O)Nc1ccc(OCc2ccc(Cl)cc2Cl)nc1. The predicted molar refractivity (Wildman–Crippen MR) is 121 cm³/mol. The Morgan fingerprint density at radius 3 is 2.31 bits per heavy atom. The summed E-state index contributed by atoms with van der Waals surface area (Å²) in [6, 6.07) is 12.4. The van der Waals surface area contributed by atoms with Crippen molar-refractivity contribution in [3.8, 4) is 17.4 Å². The number of ether oxygens (including phenoxy) is 3. The first kappa shape index (κ1) is 23.2. The molecular weight excluding hydrogens is 457 g/mol. The molecule has 0 aliphatic rings. The molecule has 0 unspecified atom stereocenters. The summed E-state index contributed by atoms with van der Waals surface area (Å²) in [5, 5.41) is 5.79. The van der Waals surface area contributed by atoms with Gasteiger partial charge in [0, 0.05) is 21.7 Å². The van der Waals surface area contributed by atoms with Gasteiger partial charge in [-0.2, -0.15) is 0 Å². The molecule has 166 valence electrons. The molecule has 3 aromatic rings. The molecule has 0 radical (unpaired) electrons. The van der Waals surface area contributed by atoms with Gasteiger partial charge in [-0.25, -0.2) is 9.78 Å². The highest BCUT2D eigenvalue weighted by atomic mass is 35.5. The summed E-state index contributed by atoms with van der Waals surface area (Å²) < 4.78 is 16.0. The molecule has 2 N–H and O–H groups in total. The monoisotopic (exact) mass is 475 g/mol. The number of aromatic nitrogens is 1. The van der Waals surface area contributed by atoms with Crippen molar-refractivity contribution < 1.29 is 23.8 Å². The average Bonchev–Trinajstić information content (AvgIpc) is 2.78. The smallest absolute Gasteiger partial charge is 0.326 e. The first-order valence-electron chi connectivity index (χ1n) is 9.27. The Balaban J connectivity index is 1.58. The molecule has 0 fully saturated rings. The number of amides is 3. The third kappa shape index (κ3) is 5.81. The number of rotatable bonds is 7. The van der Waals surface area contributed by atoms with Gasteiger partial charge in [0.05, 0.1) is 26.1 Å². The second kappa shape index (κ2) is 10.7. The number of imide groups is 1. The Labute approximate surface area is 194 Å². The van der Waals surface area contributed by atoms with Gasteiger partial charge in [-0.15, -0.1) is 0 Å². The third-order valence-electron chi connectivity index (χ3n) is 4.27. The van der Waals surface area contributed by atoms with Crippen LogP contribution in [0.15, 0.2) is 54.7 Å². The van der Waals surface area contributed by atoms with E-state index in [9.17, 15) is 9.59 Å². The van der Waals surface area contributed by atoms with Crippen molar-refractivity contribution in [2.45, 2.75) is 6.61 Å². The Kier molecular flexibility index (Phi) is 7.75. The Morgan fingerprint density at radius 1 is 1.00 bits per heavy atom. The van der Waals surface area contributed by atoms with E-state index in [1.54, 1.807) is 48.5 Å². The molecule has 0 saturated heterocycles. The molecular formula is C22H19Cl2N3O5. The van der Waals surface area contributed by atoms with Crippen LogP contribution >= 0.6 is 23.2 Å². The van der Waals surface area contributed by atoms with E-state index in [-0.39, 0.29) is 23.7 Å². The number of anilines is 1. The fourth-order valence-corrected chi connectivity index (χ4v) is 3.20. The van der Waals surface area contributed by atoms with Crippen LogP contribution in [0, 0.1) is 0 Å². The molecule has 1 aromatic heterocycles. The highest BCUT2D eigenvalue weighted by Crippen LogP contribution is 2.28. The van der Waals surface area contributed by atoms with Crippen molar-refractivity contribution in [3.05, 3.63) is 75.9 Å². The van der Waals surface area contributed by atoms with Crippen LogP contribution in [-0.2, 0) is 6.61 Å². The molecule has 0 spiro atoms. The zero-order valence-electron chi connectivity index (χ0n) is 17.1. The summed E-state index contributed by atoms with van der Waals surface area (Å²) >= 11 is 12.0. The highest BCUT2D eigenvalue weighted by molar-refractivity contribution is 6.35. The molecule has 0 aliphatic carbocycles. The van der Waals surface area contributed by atoms with Crippen molar-refractivity contribution in [2.75, 3.05) is 19.5 Å². The number of halogens is 2. The summed E-state index contributed by atoms with van der Waals surface area (Å²) in [7, 11) is 2.84. The molecule has 0 bridgehead atoms. The Hall–Kier alpha value is -3.49. The van der Waals surface area contributed by atoms with Crippen molar-refractivity contribution in [1.29, 1.82) is 0 Å². The Morgan fingerprint density at radius 2 is 1.72 bits per heavy atom. The lowest BCUT2D eigenvalue weighted by atomic mass is 10.1. The number of methoxy groups -OCH3 is 2. The van der Waals surface area contributed by atoms with E-state index in [1.165, 1.54) is 20.4 Å². The number of nitrogens with zero attached hydrogens (tertiary/aromatic N) is 1. The van der Waals surface area contributed by atoms with Crippen molar-refractivity contribution in [1.82, 2.24) is 10.3 Å². The van der Waals surface area contributed by atoms with E-state index in [4.69, 9.17) is 37.4 Å². The molecule has 10 heteroatoms. The summed E-state index contributed by atoms with van der Waals surface area (Å²) in [5.41, 5.74) is 1.22. The lowest BCUT2D eigenvalue weighted by Gasteiger charge is -2.13. The van der Waals surface area contributed by atoms with Gasteiger partial charge in [-0.3, -0.25) is 10.1 Å². The first-order valence-corrected chi connectivity index (χ1v) is 10.0. The fraction of sp³-hybridized carbons (Fsp3) is 0.136. The lowest BCUT2D eigenvalue weighted by Crippen LogP contribution is -2.34. The number of nitrogens with one attached hydrogen (secondary N) is 2. The molecule has 32 heavy (non-hydrogen) atoms. The zero-order valence-corrected chi connectivity index (χ0v) is 18.7. The van der Waals surface area contributed by atoms with Gasteiger partial charge in [-0.05, 0) is 30.3 Å². The molecule has 0 aliphatic heterocycles. The fourth-order valence-electron chi connectivity index (χ4n) is 2.73. The van der Waals surface area contributed by atoms with Gasteiger partial charge in [0.15, 0.2) is 0 Å². The molecule has 0 saturated carbocycles. The van der Waals surface area contributed by atoms with Gasteiger partial charge in [-0.1, -0.05) is 35.3 Å². The van der Waals surface area contributed by atoms with Crippen LogP contribution in [0.5, 0.6) is 17.4 Å². The number of carbonyl (C=O) groups is 2. The van der Waals surface area contributed by atoms with Crippen LogP contribution in [0.3, 0.4) is 0 Å². The zero-order chi connectivity index (χ0) is 23.1. The molecule has 3 amide bonds. The van der Waals surface area contributed by atoms with Gasteiger partial charge in [0.1, 0.15) is 23.7 Å². The number of urea groups is 1. The van der Waals surface area contributed by atoms with E-state index >= 15 is 0 Å². The van der Waals surface area contributed by atoms with E-state index in [0.717, 1.165) is 5.56 Å². The van der Waals surface area contributed by atoms with Gasteiger partial charge in [0.2, 0.25) is 5.88 Å². The quantitative estimate of drug-likeness (QED) is 0.501. The van der Waals surface area contributed by atoms with Crippen molar-refractivity contribution in [3.63, 3.8) is 0 Å². The van der Waals surface area contributed by atoms with E-state index in [0.29, 0.717) is 21.6 Å². The van der Waals surface area contributed by atoms with Crippen LogP contribution in [0.4, 0.5) is 10.5 Å². The van der Waals surface area contributed by atoms with Crippen LogP contribution in [0.25, 0.3) is 0 Å². The predicted octanol–water partition coefficient (Wildman–Crippen LogP) is 4.95. The molecule has 2 aromatic carbocycles. The minimum atomic E-state index is -0.744. The molecule has 0 atom stereocenters. The Bertz CT molecular complexity index is 1100. The number of benzene rings is 2. The van der Waals surface area contributed by atoms with Crippen molar-refractivity contribution >= 4 is 40.8 Å².